The Balaban J connectivity index is 2.39. The average Bonchev–Trinajstić information content (AvgIpc) is 2.66. The van der Waals surface area contributed by atoms with Gasteiger partial charge in [-0.05, 0) is 22.0 Å². The van der Waals surface area contributed by atoms with E-state index in [4.69, 9.17) is 5.11 Å². The van der Waals surface area contributed by atoms with E-state index < -0.39 is 5.97 Å². The van der Waals surface area contributed by atoms with E-state index in [1.165, 1.54) is 22.4 Å². The summed E-state index contributed by atoms with van der Waals surface area (Å²) in [6.45, 7) is 0. The number of halogens is 1. The monoisotopic (exact) mass is 326 g/mol. The zero-order valence-electron chi connectivity index (χ0n) is 10.2. The van der Waals surface area contributed by atoms with E-state index in [0.29, 0.717) is 11.5 Å². The van der Waals surface area contributed by atoms with Crippen LogP contribution < -0.4 is 10.9 Å². The van der Waals surface area contributed by atoms with Crippen LogP contribution in [0.25, 0.3) is 0 Å². The first-order valence-electron chi connectivity index (χ1n) is 5.29. The lowest BCUT2D eigenvalue weighted by molar-refractivity contribution is 0.0685. The second-order valence-corrected chi connectivity index (χ2v) is 4.87. The highest BCUT2D eigenvalue weighted by molar-refractivity contribution is 9.10. The maximum absolute atomic E-state index is 11.9. The molecule has 0 aromatic carbocycles. The SMILES string of the molecule is Cn1nc(Nc2cc(Br)cn(C)c2=O)cc1C(=O)O. The summed E-state index contributed by atoms with van der Waals surface area (Å²) in [6.07, 6.45) is 1.63. The Morgan fingerprint density at radius 2 is 2.11 bits per heavy atom. The van der Waals surface area contributed by atoms with Crippen LogP contribution in [0.2, 0.25) is 0 Å². The lowest BCUT2D eigenvalue weighted by atomic mass is 10.4. The molecule has 0 aliphatic carbocycles. The molecule has 7 nitrogen and oxygen atoms in total. The van der Waals surface area contributed by atoms with Crippen molar-refractivity contribution in [2.75, 3.05) is 5.32 Å². The summed E-state index contributed by atoms with van der Waals surface area (Å²) in [7, 11) is 3.15. The Morgan fingerprint density at radius 1 is 1.42 bits per heavy atom. The highest BCUT2D eigenvalue weighted by Gasteiger charge is 2.13. The van der Waals surface area contributed by atoms with Gasteiger partial charge in [0.05, 0.1) is 0 Å². The van der Waals surface area contributed by atoms with Crippen molar-refractivity contribution in [2.45, 2.75) is 0 Å². The molecular weight excluding hydrogens is 316 g/mol. The van der Waals surface area contributed by atoms with Gasteiger partial charge in [0.1, 0.15) is 11.4 Å². The quantitative estimate of drug-likeness (QED) is 0.888. The van der Waals surface area contributed by atoms with Crippen LogP contribution in [0.3, 0.4) is 0 Å². The minimum Gasteiger partial charge on any atom is -0.477 e. The lowest BCUT2D eigenvalue weighted by Crippen LogP contribution is -2.19. The van der Waals surface area contributed by atoms with Crippen LogP contribution in [-0.2, 0) is 14.1 Å². The fourth-order valence-corrected chi connectivity index (χ4v) is 2.16. The van der Waals surface area contributed by atoms with Gasteiger partial charge in [0.2, 0.25) is 0 Å². The van der Waals surface area contributed by atoms with Crippen molar-refractivity contribution in [3.63, 3.8) is 0 Å². The smallest absolute Gasteiger partial charge is 0.354 e. The molecule has 2 N–H and O–H groups in total. The van der Waals surface area contributed by atoms with Crippen LogP contribution in [0.5, 0.6) is 0 Å². The number of hydrogen-bond donors (Lipinski definition) is 2. The largest absolute Gasteiger partial charge is 0.477 e. The molecule has 0 amide bonds. The Bertz CT molecular complexity index is 704. The number of carbonyl (C=O) groups is 1. The normalized spacial score (nSPS) is 10.5. The third-order valence-corrected chi connectivity index (χ3v) is 2.95. The summed E-state index contributed by atoms with van der Waals surface area (Å²) < 4.78 is 3.37. The second kappa shape index (κ2) is 4.88. The van der Waals surface area contributed by atoms with E-state index in [9.17, 15) is 9.59 Å². The van der Waals surface area contributed by atoms with Crippen molar-refractivity contribution in [2.24, 2.45) is 14.1 Å². The average molecular weight is 327 g/mol. The molecule has 8 heteroatoms. The molecular formula is C11H11BrN4O3. The molecule has 100 valence electrons. The van der Waals surface area contributed by atoms with Crippen LogP contribution in [0.4, 0.5) is 11.5 Å². The van der Waals surface area contributed by atoms with Gasteiger partial charge >= 0.3 is 5.97 Å². The second-order valence-electron chi connectivity index (χ2n) is 3.96. The third-order valence-electron chi connectivity index (χ3n) is 2.51. The number of nitrogens with zero attached hydrogens (tertiary/aromatic N) is 3. The number of aryl methyl sites for hydroxylation is 2. The fourth-order valence-electron chi connectivity index (χ4n) is 1.63. The van der Waals surface area contributed by atoms with Gasteiger partial charge in [-0.2, -0.15) is 5.10 Å². The van der Waals surface area contributed by atoms with Gasteiger partial charge in [0.25, 0.3) is 5.56 Å². The highest BCUT2D eigenvalue weighted by atomic mass is 79.9. The van der Waals surface area contributed by atoms with Crippen LogP contribution in [0.15, 0.2) is 27.6 Å². The summed E-state index contributed by atoms with van der Waals surface area (Å²) in [5.74, 6) is -0.778. The highest BCUT2D eigenvalue weighted by Crippen LogP contribution is 2.17. The van der Waals surface area contributed by atoms with Crippen LogP contribution in [-0.4, -0.2) is 25.4 Å². The van der Waals surface area contributed by atoms with Crippen LogP contribution in [0, 0.1) is 0 Å². The summed E-state index contributed by atoms with van der Waals surface area (Å²) in [6, 6.07) is 2.97. The standard InChI is InChI=1S/C11H11BrN4O3/c1-15-5-6(12)3-7(10(15)17)13-9-4-8(11(18)19)16(2)14-9/h3-5H,1-2H3,(H,13,14)(H,18,19). The Hall–Kier alpha value is -2.09. The van der Waals surface area contributed by atoms with Crippen molar-refractivity contribution >= 4 is 33.4 Å². The predicted octanol–water partition coefficient (Wildman–Crippen LogP) is 1.32. The molecule has 0 saturated heterocycles. The molecule has 0 unspecified atom stereocenters. The van der Waals surface area contributed by atoms with E-state index in [0.717, 1.165) is 4.47 Å². The molecule has 0 fully saturated rings. The molecule has 0 atom stereocenters. The number of anilines is 2. The minimum atomic E-state index is -1.08. The number of carboxylic acid groups (broad SMARTS) is 1. The Labute approximate surface area is 116 Å². The zero-order valence-corrected chi connectivity index (χ0v) is 11.8. The summed E-state index contributed by atoms with van der Waals surface area (Å²) in [5.41, 5.74) is 0.118. The maximum Gasteiger partial charge on any atom is 0.354 e. The first kappa shape index (κ1) is 13.3. The van der Waals surface area contributed by atoms with Crippen molar-refractivity contribution < 1.29 is 9.90 Å². The van der Waals surface area contributed by atoms with E-state index in [1.54, 1.807) is 19.3 Å². The zero-order chi connectivity index (χ0) is 14.2. The topological polar surface area (TPSA) is 89.2 Å². The van der Waals surface area contributed by atoms with Gasteiger partial charge in [-0.25, -0.2) is 4.79 Å². The van der Waals surface area contributed by atoms with E-state index in [1.807, 2.05) is 0 Å². The number of hydrogen-bond acceptors (Lipinski definition) is 4. The number of aromatic nitrogens is 3. The molecule has 0 saturated carbocycles. The molecule has 0 aliphatic heterocycles. The van der Waals surface area contributed by atoms with Gasteiger partial charge in [0, 0.05) is 30.8 Å². The Kier molecular flexibility index (Phi) is 3.43. The van der Waals surface area contributed by atoms with E-state index in [2.05, 4.69) is 26.3 Å². The lowest BCUT2D eigenvalue weighted by Gasteiger charge is -2.05. The maximum atomic E-state index is 11.9. The molecule has 2 aromatic rings. The van der Waals surface area contributed by atoms with Crippen LogP contribution in [0.1, 0.15) is 10.5 Å². The third kappa shape index (κ3) is 2.68. The van der Waals surface area contributed by atoms with Gasteiger partial charge in [-0.1, -0.05) is 0 Å². The molecule has 2 rings (SSSR count). The molecule has 2 heterocycles. The predicted molar refractivity (Wildman–Crippen MR) is 72.8 cm³/mol. The minimum absolute atomic E-state index is 0.0364. The molecule has 0 radical (unpaired) electrons. The fraction of sp³-hybridized carbons (Fsp3) is 0.182. The van der Waals surface area contributed by atoms with Crippen LogP contribution >= 0.6 is 15.9 Å². The number of rotatable bonds is 3. The summed E-state index contributed by atoms with van der Waals surface area (Å²) >= 11 is 3.28. The van der Waals surface area contributed by atoms with Gasteiger partial charge in [0.15, 0.2) is 5.82 Å². The van der Waals surface area contributed by atoms with Gasteiger partial charge in [-0.15, -0.1) is 0 Å². The number of carboxylic acids is 1. The summed E-state index contributed by atoms with van der Waals surface area (Å²) in [5, 5.41) is 15.7. The van der Waals surface area contributed by atoms with Crippen molar-refractivity contribution in [1.29, 1.82) is 0 Å². The first-order valence-corrected chi connectivity index (χ1v) is 6.08. The molecule has 19 heavy (non-hydrogen) atoms. The first-order chi connectivity index (χ1) is 8.88. The molecule has 0 bridgehead atoms. The number of nitrogens with one attached hydrogen (secondary N) is 1. The number of aromatic carboxylic acids is 1. The van der Waals surface area contributed by atoms with E-state index in [-0.39, 0.29) is 11.3 Å². The van der Waals surface area contributed by atoms with Crippen molar-refractivity contribution in [3.05, 3.63) is 38.9 Å². The van der Waals surface area contributed by atoms with Gasteiger partial charge < -0.3 is 15.0 Å². The molecule has 0 aliphatic rings. The summed E-state index contributed by atoms with van der Waals surface area (Å²) in [4.78, 5) is 22.8. The Morgan fingerprint density at radius 3 is 2.68 bits per heavy atom. The molecule has 0 spiro atoms. The molecule has 2 aromatic heterocycles. The van der Waals surface area contributed by atoms with Crippen molar-refractivity contribution in [3.8, 4) is 0 Å². The number of pyridine rings is 1. The van der Waals surface area contributed by atoms with E-state index >= 15 is 0 Å². The van der Waals surface area contributed by atoms with Gasteiger partial charge in [-0.3, -0.25) is 9.48 Å². The van der Waals surface area contributed by atoms with Crippen molar-refractivity contribution in [1.82, 2.24) is 14.3 Å².